The Balaban J connectivity index is 0.00000163. The van der Waals surface area contributed by atoms with Crippen LogP contribution >= 0.6 is 9.39 Å². The first-order chi connectivity index (χ1) is 12.7. The minimum absolute atomic E-state index is 0.169. The number of H-pyrrole nitrogens is 1. The van der Waals surface area contributed by atoms with E-state index in [1.165, 1.54) is 0 Å². The normalized spacial score (nSPS) is 14.2. The predicted molar refractivity (Wildman–Crippen MR) is 117 cm³/mol. The van der Waals surface area contributed by atoms with E-state index in [4.69, 9.17) is 0 Å². The van der Waals surface area contributed by atoms with Gasteiger partial charge in [-0.1, -0.05) is 44.7 Å². The second kappa shape index (κ2) is 12.3. The molecule has 1 fully saturated rings. The first-order valence-corrected chi connectivity index (χ1v) is 9.81. The quantitative estimate of drug-likeness (QED) is 0.470. The lowest BCUT2D eigenvalue weighted by Crippen LogP contribution is -2.26. The zero-order chi connectivity index (χ0) is 19.4. The van der Waals surface area contributed by atoms with Crippen molar-refractivity contribution in [1.82, 2.24) is 9.97 Å². The van der Waals surface area contributed by atoms with Crippen molar-refractivity contribution in [3.8, 4) is 0 Å². The highest BCUT2D eigenvalue weighted by Gasteiger charge is 2.17. The second-order valence-electron chi connectivity index (χ2n) is 5.60. The number of hydrogen-bond donors (Lipinski definition) is 3. The molecule has 7 heteroatoms. The Morgan fingerprint density at radius 2 is 2.08 bits per heavy atom. The molecular weight excluding hydrogens is 345 g/mol. The van der Waals surface area contributed by atoms with Crippen LogP contribution < -0.4 is 20.9 Å². The van der Waals surface area contributed by atoms with Crippen LogP contribution in [0, 0.1) is 0 Å². The summed E-state index contributed by atoms with van der Waals surface area (Å²) in [7, 11) is 2.35. The van der Waals surface area contributed by atoms with Crippen LogP contribution in [0.4, 0.5) is 17.5 Å². The molecule has 3 N–H and O–H groups in total. The monoisotopic (exact) mass is 377 g/mol. The van der Waals surface area contributed by atoms with Crippen LogP contribution in [0.1, 0.15) is 40.0 Å². The zero-order valence-corrected chi connectivity index (χ0v) is 17.3. The minimum Gasteiger partial charge on any atom is -0.368 e. The molecule has 0 saturated carbocycles. The van der Waals surface area contributed by atoms with Crippen LogP contribution in [-0.2, 0) is 0 Å². The predicted octanol–water partition coefficient (Wildman–Crippen LogP) is 4.09. The minimum atomic E-state index is -0.169. The molecule has 0 bridgehead atoms. The SMILES string of the molecule is C=C/C(=C\C=C/C)CCNc1nc(N2CCCC2)[nH]c(=O)c1NP.CC. The average molecular weight is 377 g/mol. The number of anilines is 3. The van der Waals surface area contributed by atoms with Crippen molar-refractivity contribution >= 4 is 26.8 Å². The molecule has 1 saturated heterocycles. The van der Waals surface area contributed by atoms with E-state index in [0.29, 0.717) is 24.0 Å². The van der Waals surface area contributed by atoms with Gasteiger partial charge in [-0.05, 0) is 41.1 Å². The molecule has 1 aliphatic heterocycles. The van der Waals surface area contributed by atoms with Gasteiger partial charge in [0.25, 0.3) is 5.56 Å². The summed E-state index contributed by atoms with van der Waals surface area (Å²) in [5.41, 5.74) is 1.39. The van der Waals surface area contributed by atoms with Gasteiger partial charge in [-0.3, -0.25) is 9.78 Å². The van der Waals surface area contributed by atoms with Crippen LogP contribution in [0.15, 0.2) is 41.3 Å². The first kappa shape index (κ1) is 22.0. The summed E-state index contributed by atoms with van der Waals surface area (Å²) in [6.07, 6.45) is 10.9. The van der Waals surface area contributed by atoms with Gasteiger partial charge in [0.05, 0.1) is 0 Å². The molecule has 144 valence electrons. The van der Waals surface area contributed by atoms with E-state index in [2.05, 4.69) is 41.2 Å². The van der Waals surface area contributed by atoms with Crippen LogP contribution in [0.3, 0.4) is 0 Å². The molecule has 2 heterocycles. The maximum absolute atomic E-state index is 12.3. The van der Waals surface area contributed by atoms with Gasteiger partial charge in [0.15, 0.2) is 5.82 Å². The fraction of sp³-hybridized carbons (Fsp3) is 0.474. The molecule has 0 aliphatic carbocycles. The van der Waals surface area contributed by atoms with Gasteiger partial charge in [-0.15, -0.1) is 0 Å². The van der Waals surface area contributed by atoms with Gasteiger partial charge in [-0.2, -0.15) is 4.98 Å². The number of aromatic amines is 1. The summed E-state index contributed by atoms with van der Waals surface area (Å²) in [6.45, 7) is 12.3. The Kier molecular flexibility index (Phi) is 10.4. The van der Waals surface area contributed by atoms with E-state index in [1.54, 1.807) is 0 Å². The van der Waals surface area contributed by atoms with Crippen LogP contribution in [0.25, 0.3) is 0 Å². The summed E-state index contributed by atoms with van der Waals surface area (Å²) < 4.78 is 0. The third kappa shape index (κ3) is 6.34. The molecule has 1 unspecified atom stereocenters. The first-order valence-electron chi connectivity index (χ1n) is 9.23. The number of rotatable bonds is 8. The molecule has 1 aromatic rings. The van der Waals surface area contributed by atoms with E-state index < -0.39 is 0 Å². The van der Waals surface area contributed by atoms with Gasteiger partial charge >= 0.3 is 0 Å². The molecule has 0 aromatic carbocycles. The van der Waals surface area contributed by atoms with E-state index in [1.807, 2.05) is 45.1 Å². The van der Waals surface area contributed by atoms with Crippen molar-refractivity contribution in [3.05, 3.63) is 46.8 Å². The lowest BCUT2D eigenvalue weighted by Gasteiger charge is -2.18. The number of nitrogens with zero attached hydrogens (tertiary/aromatic N) is 2. The van der Waals surface area contributed by atoms with E-state index in [9.17, 15) is 4.79 Å². The van der Waals surface area contributed by atoms with Crippen molar-refractivity contribution in [2.75, 3.05) is 34.9 Å². The van der Waals surface area contributed by atoms with E-state index in [0.717, 1.165) is 37.9 Å². The molecule has 0 radical (unpaired) electrons. The Bertz CT molecular complexity index is 675. The Morgan fingerprint density at radius 1 is 1.38 bits per heavy atom. The van der Waals surface area contributed by atoms with Crippen molar-refractivity contribution in [2.45, 2.75) is 40.0 Å². The Hall–Kier alpha value is -2.07. The molecular formula is C19H32N5OP. The summed E-state index contributed by atoms with van der Waals surface area (Å²) in [4.78, 5) is 21.8. The lowest BCUT2D eigenvalue weighted by molar-refractivity contribution is 0.888. The highest BCUT2D eigenvalue weighted by molar-refractivity contribution is 7.18. The maximum atomic E-state index is 12.3. The molecule has 1 aliphatic rings. The topological polar surface area (TPSA) is 73.0 Å². The third-order valence-electron chi connectivity index (χ3n) is 3.93. The van der Waals surface area contributed by atoms with E-state index >= 15 is 0 Å². The molecule has 26 heavy (non-hydrogen) atoms. The third-order valence-corrected chi connectivity index (χ3v) is 4.22. The molecule has 1 aromatic heterocycles. The fourth-order valence-corrected chi connectivity index (χ4v) is 2.87. The van der Waals surface area contributed by atoms with Crippen molar-refractivity contribution in [2.24, 2.45) is 0 Å². The Morgan fingerprint density at radius 3 is 2.65 bits per heavy atom. The second-order valence-corrected chi connectivity index (χ2v) is 5.89. The molecule has 0 amide bonds. The van der Waals surface area contributed by atoms with Crippen LogP contribution in [-0.4, -0.2) is 29.6 Å². The Labute approximate surface area is 159 Å². The average Bonchev–Trinajstić information content (AvgIpc) is 3.20. The summed E-state index contributed by atoms with van der Waals surface area (Å²) in [6, 6.07) is 0. The van der Waals surface area contributed by atoms with Gasteiger partial charge in [0, 0.05) is 19.6 Å². The summed E-state index contributed by atoms with van der Waals surface area (Å²) in [5.74, 6) is 1.21. The zero-order valence-electron chi connectivity index (χ0n) is 16.1. The largest absolute Gasteiger partial charge is 0.368 e. The molecule has 6 nitrogen and oxygen atoms in total. The summed E-state index contributed by atoms with van der Waals surface area (Å²) >= 11 is 0. The smallest absolute Gasteiger partial charge is 0.278 e. The van der Waals surface area contributed by atoms with Crippen molar-refractivity contribution < 1.29 is 0 Å². The molecule has 2 rings (SSSR count). The summed E-state index contributed by atoms with van der Waals surface area (Å²) in [5, 5.41) is 6.12. The van der Waals surface area contributed by atoms with Gasteiger partial charge in [0.2, 0.25) is 5.95 Å². The molecule has 1 atom stereocenters. The van der Waals surface area contributed by atoms with Gasteiger partial charge in [0.1, 0.15) is 5.69 Å². The maximum Gasteiger partial charge on any atom is 0.278 e. The lowest BCUT2D eigenvalue weighted by atomic mass is 10.1. The number of hydrogen-bond acceptors (Lipinski definition) is 5. The van der Waals surface area contributed by atoms with Crippen LogP contribution in [0.2, 0.25) is 0 Å². The number of aromatic nitrogens is 2. The fourth-order valence-electron chi connectivity index (χ4n) is 2.60. The van der Waals surface area contributed by atoms with Crippen LogP contribution in [0.5, 0.6) is 0 Å². The van der Waals surface area contributed by atoms with Crippen molar-refractivity contribution in [1.29, 1.82) is 0 Å². The van der Waals surface area contributed by atoms with E-state index in [-0.39, 0.29) is 5.56 Å². The number of allylic oxidation sites excluding steroid dienone is 4. The van der Waals surface area contributed by atoms with Gasteiger partial charge < -0.3 is 15.3 Å². The van der Waals surface area contributed by atoms with Gasteiger partial charge in [-0.25, -0.2) is 0 Å². The highest BCUT2D eigenvalue weighted by Crippen LogP contribution is 2.21. The highest BCUT2D eigenvalue weighted by atomic mass is 31.0. The van der Waals surface area contributed by atoms with Crippen molar-refractivity contribution in [3.63, 3.8) is 0 Å². The number of nitrogens with one attached hydrogen (secondary N) is 3. The standard InChI is InChI=1S/C17H26N5OP.C2H6/c1-3-5-8-13(4-2)9-10-18-15-14(21-24)16(23)20-17(19-15)22-11-6-7-12-22;1-2/h3-5,8,21H,2,6-7,9-12,24H2,1H3,(H2,18,19,20,23);1-2H3/b5-3-,13-8+;. The molecule has 0 spiro atoms.